The second kappa shape index (κ2) is 10.6. The van der Waals surface area contributed by atoms with Crippen LogP contribution in [-0.4, -0.2) is 36.9 Å². The van der Waals surface area contributed by atoms with Crippen molar-refractivity contribution in [1.29, 1.82) is 0 Å². The summed E-state index contributed by atoms with van der Waals surface area (Å²) in [5, 5.41) is 5.13. The number of hydrogen-bond donors (Lipinski definition) is 1. The van der Waals surface area contributed by atoms with E-state index in [0.717, 1.165) is 20.8 Å². The molecule has 29 heavy (non-hydrogen) atoms. The highest BCUT2D eigenvalue weighted by Gasteiger charge is 2.16. The number of nitrogens with zero attached hydrogens (tertiary/aromatic N) is 1. The highest BCUT2D eigenvalue weighted by atomic mass is 35.5. The van der Waals surface area contributed by atoms with Crippen molar-refractivity contribution in [2.24, 2.45) is 0 Å². The number of rotatable bonds is 9. The molecule has 1 N–H and O–H groups in total. The molecule has 0 spiro atoms. The van der Waals surface area contributed by atoms with Gasteiger partial charge in [0.1, 0.15) is 5.03 Å². The number of benzene rings is 2. The molecule has 0 bridgehead atoms. The summed E-state index contributed by atoms with van der Waals surface area (Å²) in [6.45, 7) is 5.09. The van der Waals surface area contributed by atoms with Gasteiger partial charge in [-0.25, -0.2) is 4.98 Å². The third-order valence-corrected chi connectivity index (χ3v) is 5.29. The summed E-state index contributed by atoms with van der Waals surface area (Å²) >= 11 is 7.45. The average Bonchev–Trinajstić information content (AvgIpc) is 2.73. The van der Waals surface area contributed by atoms with Crippen LogP contribution in [0.4, 0.5) is 0 Å². The molecule has 0 atom stereocenters. The minimum Gasteiger partial charge on any atom is -0.351 e. The fraction of sp³-hybridized carbons (Fsp3) is 0.273. The number of ether oxygens (including phenoxy) is 2. The molecule has 3 rings (SSSR count). The predicted octanol–water partition coefficient (Wildman–Crippen LogP) is 5.17. The Labute approximate surface area is 179 Å². The Morgan fingerprint density at radius 2 is 1.79 bits per heavy atom. The fourth-order valence-corrected chi connectivity index (χ4v) is 3.78. The number of carbonyl (C=O) groups is 1. The summed E-state index contributed by atoms with van der Waals surface area (Å²) in [6, 6.07) is 17.0. The first-order valence-electron chi connectivity index (χ1n) is 9.45. The van der Waals surface area contributed by atoms with E-state index in [-0.39, 0.29) is 12.5 Å². The Bertz CT molecular complexity index is 960. The Hall–Kier alpha value is -2.12. The van der Waals surface area contributed by atoms with Gasteiger partial charge >= 0.3 is 0 Å². The van der Waals surface area contributed by atoms with E-state index in [1.54, 1.807) is 0 Å². The van der Waals surface area contributed by atoms with Crippen molar-refractivity contribution in [3.05, 3.63) is 65.2 Å². The number of amides is 1. The zero-order valence-electron chi connectivity index (χ0n) is 16.4. The maximum absolute atomic E-state index is 12.9. The smallest absolute Gasteiger partial charge is 0.252 e. The number of halogens is 1. The highest BCUT2D eigenvalue weighted by molar-refractivity contribution is 7.99. The summed E-state index contributed by atoms with van der Waals surface area (Å²) in [5.41, 5.74) is 1.33. The normalized spacial score (nSPS) is 11.2. The quantitative estimate of drug-likeness (QED) is 0.474. The molecular formula is C22H23ClN2O3S. The molecule has 0 radical (unpaired) electrons. The lowest BCUT2D eigenvalue weighted by molar-refractivity contribution is -0.131. The van der Waals surface area contributed by atoms with Crippen LogP contribution in [0.15, 0.2) is 64.5 Å². The number of para-hydroxylation sites is 1. The van der Waals surface area contributed by atoms with Crippen LogP contribution >= 0.6 is 23.4 Å². The van der Waals surface area contributed by atoms with Crippen molar-refractivity contribution in [1.82, 2.24) is 10.3 Å². The van der Waals surface area contributed by atoms with E-state index in [4.69, 9.17) is 26.1 Å². The summed E-state index contributed by atoms with van der Waals surface area (Å²) < 4.78 is 11.0. The van der Waals surface area contributed by atoms with E-state index in [1.807, 2.05) is 68.4 Å². The van der Waals surface area contributed by atoms with Gasteiger partial charge in [0.25, 0.3) is 5.91 Å². The van der Waals surface area contributed by atoms with E-state index in [2.05, 4.69) is 5.32 Å². The lowest BCUT2D eigenvalue weighted by Gasteiger charge is -2.18. The van der Waals surface area contributed by atoms with Crippen LogP contribution in [0.2, 0.25) is 5.02 Å². The van der Waals surface area contributed by atoms with E-state index >= 15 is 0 Å². The highest BCUT2D eigenvalue weighted by Crippen LogP contribution is 2.30. The van der Waals surface area contributed by atoms with Crippen LogP contribution in [0.1, 0.15) is 24.2 Å². The second-order valence-electron chi connectivity index (χ2n) is 6.13. The molecule has 1 aromatic heterocycles. The molecule has 0 aliphatic rings. The third kappa shape index (κ3) is 5.93. The van der Waals surface area contributed by atoms with Crippen LogP contribution in [0.3, 0.4) is 0 Å². The van der Waals surface area contributed by atoms with Gasteiger partial charge in [-0.05, 0) is 50.2 Å². The van der Waals surface area contributed by atoms with Crippen molar-refractivity contribution in [3.8, 4) is 0 Å². The molecule has 2 aromatic carbocycles. The molecule has 0 saturated heterocycles. The van der Waals surface area contributed by atoms with Gasteiger partial charge in [0.15, 0.2) is 6.29 Å². The van der Waals surface area contributed by atoms with E-state index in [1.165, 1.54) is 11.8 Å². The summed E-state index contributed by atoms with van der Waals surface area (Å²) in [7, 11) is 0. The van der Waals surface area contributed by atoms with Crippen LogP contribution in [-0.2, 0) is 9.47 Å². The molecule has 1 heterocycles. The van der Waals surface area contributed by atoms with E-state index < -0.39 is 6.29 Å². The van der Waals surface area contributed by atoms with Gasteiger partial charge in [-0.2, -0.15) is 0 Å². The standard InChI is InChI=1S/C22H23ClN2O3S/c1-3-27-21(28-4-2)14-24-22(26)18-13-20(25-19-8-6-5-7-17(18)19)29-16-11-9-15(23)10-12-16/h5-13,21H,3-4,14H2,1-2H3,(H,24,26). The summed E-state index contributed by atoms with van der Waals surface area (Å²) in [6.07, 6.45) is -0.468. The first-order valence-corrected chi connectivity index (χ1v) is 10.6. The summed E-state index contributed by atoms with van der Waals surface area (Å²) in [4.78, 5) is 18.6. The van der Waals surface area contributed by atoms with Crippen molar-refractivity contribution in [2.45, 2.75) is 30.1 Å². The first kappa shape index (κ1) is 21.6. The number of aromatic nitrogens is 1. The molecule has 0 saturated carbocycles. The zero-order chi connectivity index (χ0) is 20.6. The number of nitrogens with one attached hydrogen (secondary N) is 1. The average molecular weight is 431 g/mol. The molecule has 0 aliphatic heterocycles. The SMILES string of the molecule is CCOC(CNC(=O)c1cc(Sc2ccc(Cl)cc2)nc2ccccc12)OCC. The van der Waals surface area contributed by atoms with Crippen LogP contribution in [0.25, 0.3) is 10.9 Å². The molecule has 5 nitrogen and oxygen atoms in total. The molecule has 0 aliphatic carbocycles. The molecule has 3 aromatic rings. The molecular weight excluding hydrogens is 408 g/mol. The van der Waals surface area contributed by atoms with Crippen molar-refractivity contribution in [2.75, 3.05) is 19.8 Å². The van der Waals surface area contributed by atoms with Crippen LogP contribution in [0, 0.1) is 0 Å². The first-order chi connectivity index (χ1) is 14.1. The van der Waals surface area contributed by atoms with Crippen molar-refractivity contribution in [3.63, 3.8) is 0 Å². The third-order valence-electron chi connectivity index (χ3n) is 4.11. The van der Waals surface area contributed by atoms with Crippen LogP contribution < -0.4 is 5.32 Å². The molecule has 1 amide bonds. The van der Waals surface area contributed by atoms with Gasteiger partial charge in [-0.1, -0.05) is 41.6 Å². The van der Waals surface area contributed by atoms with Gasteiger partial charge < -0.3 is 14.8 Å². The second-order valence-corrected chi connectivity index (χ2v) is 7.66. The molecule has 0 fully saturated rings. The maximum Gasteiger partial charge on any atom is 0.252 e. The number of pyridine rings is 1. The molecule has 0 unspecified atom stereocenters. The monoisotopic (exact) mass is 430 g/mol. The van der Waals surface area contributed by atoms with Crippen molar-refractivity contribution < 1.29 is 14.3 Å². The van der Waals surface area contributed by atoms with E-state index in [9.17, 15) is 4.79 Å². The zero-order valence-corrected chi connectivity index (χ0v) is 17.9. The Morgan fingerprint density at radius 1 is 1.10 bits per heavy atom. The number of hydrogen-bond acceptors (Lipinski definition) is 5. The van der Waals surface area contributed by atoms with Gasteiger partial charge in [0, 0.05) is 28.5 Å². The maximum atomic E-state index is 12.9. The lowest BCUT2D eigenvalue weighted by Crippen LogP contribution is -2.35. The molecule has 152 valence electrons. The van der Waals surface area contributed by atoms with Gasteiger partial charge in [0.05, 0.1) is 17.6 Å². The largest absolute Gasteiger partial charge is 0.351 e. The minimum absolute atomic E-state index is 0.189. The Balaban J connectivity index is 1.85. The topological polar surface area (TPSA) is 60.5 Å². The number of carbonyl (C=O) groups excluding carboxylic acids is 1. The Morgan fingerprint density at radius 3 is 2.48 bits per heavy atom. The lowest BCUT2D eigenvalue weighted by atomic mass is 10.1. The summed E-state index contributed by atoms with van der Waals surface area (Å²) in [5.74, 6) is -0.189. The fourth-order valence-electron chi connectivity index (χ4n) is 2.82. The van der Waals surface area contributed by atoms with Crippen LogP contribution in [0.5, 0.6) is 0 Å². The Kier molecular flexibility index (Phi) is 7.89. The van der Waals surface area contributed by atoms with Gasteiger partial charge in [-0.15, -0.1) is 0 Å². The van der Waals surface area contributed by atoms with Gasteiger partial charge in [0.2, 0.25) is 0 Å². The van der Waals surface area contributed by atoms with Gasteiger partial charge in [-0.3, -0.25) is 4.79 Å². The van der Waals surface area contributed by atoms with E-state index in [0.29, 0.717) is 23.8 Å². The minimum atomic E-state index is -0.468. The van der Waals surface area contributed by atoms with Crippen molar-refractivity contribution >= 4 is 40.2 Å². The predicted molar refractivity (Wildman–Crippen MR) is 117 cm³/mol. The molecule has 7 heteroatoms. The number of fused-ring (bicyclic) bond motifs is 1.